The van der Waals surface area contributed by atoms with Crippen molar-refractivity contribution in [3.05, 3.63) is 18.3 Å². The Labute approximate surface area is 220 Å². The minimum Gasteiger partial charge on any atom is -0.480 e. The molecule has 0 aliphatic heterocycles. The molecule has 0 unspecified atom stereocenters. The SMILES string of the molecule is COc1nc(N(C(=O)OC(C)(C)C)C(=O)OC(C)(C)C)nc(OC)c1-c1cc2cc(NC=O)ncc2n1C. The lowest BCUT2D eigenvalue weighted by atomic mass is 10.2. The summed E-state index contributed by atoms with van der Waals surface area (Å²) in [6.07, 6.45) is 0.0764. The summed E-state index contributed by atoms with van der Waals surface area (Å²) in [5.41, 5.74) is -0.142. The van der Waals surface area contributed by atoms with Crippen LogP contribution in [0.25, 0.3) is 22.2 Å². The number of anilines is 2. The van der Waals surface area contributed by atoms with Crippen molar-refractivity contribution in [1.29, 1.82) is 0 Å². The molecule has 0 saturated heterocycles. The molecule has 3 aromatic rings. The van der Waals surface area contributed by atoms with E-state index < -0.39 is 23.4 Å². The Kier molecular flexibility index (Phi) is 7.79. The summed E-state index contributed by atoms with van der Waals surface area (Å²) in [6.45, 7) is 9.97. The molecule has 1 N–H and O–H groups in total. The molecule has 0 aliphatic carbocycles. The highest BCUT2D eigenvalue weighted by Crippen LogP contribution is 2.40. The second kappa shape index (κ2) is 10.5. The van der Waals surface area contributed by atoms with Crippen molar-refractivity contribution in [3.63, 3.8) is 0 Å². The van der Waals surface area contributed by atoms with Crippen LogP contribution in [0.1, 0.15) is 41.5 Å². The van der Waals surface area contributed by atoms with Gasteiger partial charge in [0.2, 0.25) is 18.2 Å². The van der Waals surface area contributed by atoms with Gasteiger partial charge in [0.25, 0.3) is 5.95 Å². The van der Waals surface area contributed by atoms with Crippen molar-refractivity contribution in [2.24, 2.45) is 7.05 Å². The van der Waals surface area contributed by atoms with E-state index in [-0.39, 0.29) is 17.7 Å². The van der Waals surface area contributed by atoms with Crippen LogP contribution in [0.3, 0.4) is 0 Å². The summed E-state index contributed by atoms with van der Waals surface area (Å²) in [6, 6.07) is 3.52. The van der Waals surface area contributed by atoms with Crippen LogP contribution < -0.4 is 19.7 Å². The normalized spacial score (nSPS) is 11.6. The average Bonchev–Trinajstić information content (AvgIpc) is 3.11. The number of carbonyl (C=O) groups excluding carboxylic acids is 3. The molecule has 13 heteroatoms. The first kappa shape index (κ1) is 28.2. The lowest BCUT2D eigenvalue weighted by Gasteiger charge is -2.28. The average molecular weight is 529 g/mol. The fourth-order valence-electron chi connectivity index (χ4n) is 3.49. The summed E-state index contributed by atoms with van der Waals surface area (Å²) >= 11 is 0. The maximum atomic E-state index is 13.1. The van der Waals surface area contributed by atoms with Crippen LogP contribution >= 0.6 is 0 Å². The van der Waals surface area contributed by atoms with Gasteiger partial charge in [0.15, 0.2) is 0 Å². The van der Waals surface area contributed by atoms with Crippen molar-refractivity contribution < 1.29 is 33.3 Å². The van der Waals surface area contributed by atoms with Gasteiger partial charge in [-0.2, -0.15) is 9.97 Å². The summed E-state index contributed by atoms with van der Waals surface area (Å²) in [4.78, 5) is 50.6. The Morgan fingerprint density at radius 3 is 1.92 bits per heavy atom. The predicted octanol–water partition coefficient (Wildman–Crippen LogP) is 4.29. The molecule has 0 aliphatic rings. The molecule has 0 atom stereocenters. The third-order valence-electron chi connectivity index (χ3n) is 4.96. The third-order valence-corrected chi connectivity index (χ3v) is 4.96. The highest BCUT2D eigenvalue weighted by molar-refractivity contribution is 6.08. The zero-order chi connectivity index (χ0) is 28.4. The van der Waals surface area contributed by atoms with Crippen LogP contribution in [0.5, 0.6) is 11.8 Å². The zero-order valence-electron chi connectivity index (χ0n) is 22.9. The molecule has 3 rings (SSSR count). The van der Waals surface area contributed by atoms with Crippen molar-refractivity contribution in [2.45, 2.75) is 52.7 Å². The first-order chi connectivity index (χ1) is 17.7. The molecule has 13 nitrogen and oxygen atoms in total. The lowest BCUT2D eigenvalue weighted by molar-refractivity contribution is -0.105. The number of nitrogens with zero attached hydrogens (tertiary/aromatic N) is 5. The summed E-state index contributed by atoms with van der Waals surface area (Å²) in [5.74, 6) is 0.0625. The van der Waals surface area contributed by atoms with E-state index in [1.807, 2.05) is 10.6 Å². The molecule has 0 aromatic carbocycles. The molecular formula is C25H32N6O7. The highest BCUT2D eigenvalue weighted by Gasteiger charge is 2.36. The second-order valence-corrected chi connectivity index (χ2v) is 10.2. The van der Waals surface area contributed by atoms with Crippen LogP contribution in [-0.2, 0) is 21.3 Å². The molecular weight excluding hydrogens is 496 g/mol. The number of imide groups is 1. The summed E-state index contributed by atoms with van der Waals surface area (Å²) < 4.78 is 23.8. The minimum absolute atomic E-state index is 0.0223. The van der Waals surface area contributed by atoms with E-state index in [1.54, 1.807) is 60.9 Å². The number of nitrogens with one attached hydrogen (secondary N) is 1. The van der Waals surface area contributed by atoms with Crippen molar-refractivity contribution in [1.82, 2.24) is 19.5 Å². The van der Waals surface area contributed by atoms with E-state index in [2.05, 4.69) is 20.3 Å². The van der Waals surface area contributed by atoms with Crippen LogP contribution in [0.2, 0.25) is 0 Å². The number of aromatic nitrogens is 4. The van der Waals surface area contributed by atoms with Gasteiger partial charge in [0, 0.05) is 12.4 Å². The van der Waals surface area contributed by atoms with E-state index in [1.165, 1.54) is 14.2 Å². The molecule has 0 fully saturated rings. The van der Waals surface area contributed by atoms with Crippen molar-refractivity contribution in [2.75, 3.05) is 24.4 Å². The molecule has 38 heavy (non-hydrogen) atoms. The summed E-state index contributed by atoms with van der Waals surface area (Å²) in [5, 5.41) is 3.28. The van der Waals surface area contributed by atoms with Gasteiger partial charge in [0.05, 0.1) is 31.6 Å². The smallest absolute Gasteiger partial charge is 0.427 e. The Morgan fingerprint density at radius 2 is 1.47 bits per heavy atom. The second-order valence-electron chi connectivity index (χ2n) is 10.2. The highest BCUT2D eigenvalue weighted by atomic mass is 16.6. The number of pyridine rings is 1. The zero-order valence-corrected chi connectivity index (χ0v) is 22.9. The Bertz CT molecular complexity index is 1320. The number of hydrogen-bond acceptors (Lipinski definition) is 10. The monoisotopic (exact) mass is 528 g/mol. The largest absolute Gasteiger partial charge is 0.480 e. The van der Waals surface area contributed by atoms with E-state index in [4.69, 9.17) is 18.9 Å². The number of rotatable bonds is 6. The van der Waals surface area contributed by atoms with E-state index in [0.29, 0.717) is 28.4 Å². The van der Waals surface area contributed by atoms with Crippen molar-refractivity contribution >= 4 is 41.3 Å². The van der Waals surface area contributed by atoms with E-state index in [9.17, 15) is 14.4 Å². The molecule has 0 radical (unpaired) electrons. The maximum Gasteiger partial charge on any atom is 0.427 e. The van der Waals surface area contributed by atoms with Crippen LogP contribution in [-0.4, -0.2) is 63.5 Å². The van der Waals surface area contributed by atoms with E-state index in [0.717, 1.165) is 10.9 Å². The molecule has 0 spiro atoms. The van der Waals surface area contributed by atoms with Gasteiger partial charge in [-0.25, -0.2) is 14.6 Å². The molecule has 0 saturated carbocycles. The van der Waals surface area contributed by atoms with Gasteiger partial charge in [-0.1, -0.05) is 0 Å². The third kappa shape index (κ3) is 6.10. The van der Waals surface area contributed by atoms with Gasteiger partial charge < -0.3 is 28.8 Å². The number of aryl methyl sites for hydroxylation is 1. The first-order valence-corrected chi connectivity index (χ1v) is 11.6. The quantitative estimate of drug-likeness (QED) is 0.459. The first-order valence-electron chi connectivity index (χ1n) is 11.6. The van der Waals surface area contributed by atoms with E-state index >= 15 is 0 Å². The fourth-order valence-corrected chi connectivity index (χ4v) is 3.49. The number of ether oxygens (including phenoxy) is 4. The van der Waals surface area contributed by atoms with Crippen LogP contribution in [0.4, 0.5) is 21.4 Å². The van der Waals surface area contributed by atoms with Gasteiger partial charge in [-0.05, 0) is 53.7 Å². The number of hydrogen-bond donors (Lipinski definition) is 1. The molecule has 204 valence electrons. The maximum absolute atomic E-state index is 13.1. The molecule has 3 amide bonds. The summed E-state index contributed by atoms with van der Waals surface area (Å²) in [7, 11) is 4.57. The standard InChI is InChI=1S/C25H32N6O7/c1-24(2,3)37-22(33)31(23(34)38-25(4,5)6)21-28-19(35-8)18(20(29-21)36-9)15-10-14-11-17(27-13-32)26-12-16(14)30(15)7/h10-13H,1-9H3,(H,26,27,32). The Morgan fingerprint density at radius 1 is 0.947 bits per heavy atom. The topological polar surface area (TPSA) is 147 Å². The number of methoxy groups -OCH3 is 2. The number of amides is 3. The molecule has 3 heterocycles. The van der Waals surface area contributed by atoms with Gasteiger partial charge >= 0.3 is 12.2 Å². The molecule has 3 aromatic heterocycles. The number of fused-ring (bicyclic) bond motifs is 1. The minimum atomic E-state index is -1.03. The van der Waals surface area contributed by atoms with Crippen molar-refractivity contribution in [3.8, 4) is 23.0 Å². The van der Waals surface area contributed by atoms with Crippen LogP contribution in [0.15, 0.2) is 18.3 Å². The Hall–Kier alpha value is -4.42. The van der Waals surface area contributed by atoms with Gasteiger partial charge in [-0.3, -0.25) is 4.79 Å². The number of carbonyl (C=O) groups is 3. The fraction of sp³-hybridized carbons (Fsp3) is 0.440. The van der Waals surface area contributed by atoms with Crippen LogP contribution in [0, 0.1) is 0 Å². The lowest BCUT2D eigenvalue weighted by Crippen LogP contribution is -2.44. The Balaban J connectivity index is 2.21. The van der Waals surface area contributed by atoms with Gasteiger partial charge in [-0.15, -0.1) is 4.90 Å². The molecule has 0 bridgehead atoms. The predicted molar refractivity (Wildman–Crippen MR) is 139 cm³/mol. The van der Waals surface area contributed by atoms with Gasteiger partial charge in [0.1, 0.15) is 22.6 Å².